The van der Waals surface area contributed by atoms with Crippen LogP contribution in [0.25, 0.3) is 0 Å². The van der Waals surface area contributed by atoms with E-state index in [-0.39, 0.29) is 12.1 Å². The molecule has 0 bridgehead atoms. The van der Waals surface area contributed by atoms with E-state index in [2.05, 4.69) is 0 Å². The molecule has 2 N–H and O–H groups in total. The van der Waals surface area contributed by atoms with Crippen LogP contribution in [0.1, 0.15) is 12.8 Å². The van der Waals surface area contributed by atoms with Crippen molar-refractivity contribution in [2.75, 3.05) is 13.1 Å². The van der Waals surface area contributed by atoms with Gasteiger partial charge in [0.05, 0.1) is 10.0 Å². The van der Waals surface area contributed by atoms with Gasteiger partial charge >= 0.3 is 6.03 Å². The first-order valence-corrected chi connectivity index (χ1v) is 6.48. The quantitative estimate of drug-likeness (QED) is 0.910. The van der Waals surface area contributed by atoms with Crippen molar-refractivity contribution < 1.29 is 9.53 Å². The van der Waals surface area contributed by atoms with E-state index in [1.807, 2.05) is 0 Å². The fraction of sp³-hybridized carbons (Fsp3) is 0.417. The number of ether oxygens (including phenoxy) is 1. The molecule has 0 aliphatic carbocycles. The van der Waals surface area contributed by atoms with Gasteiger partial charge in [0.1, 0.15) is 11.9 Å². The van der Waals surface area contributed by atoms with E-state index < -0.39 is 0 Å². The van der Waals surface area contributed by atoms with Crippen molar-refractivity contribution >= 4 is 29.2 Å². The number of nitrogens with zero attached hydrogens (tertiary/aromatic N) is 1. The van der Waals surface area contributed by atoms with Crippen LogP contribution in [-0.4, -0.2) is 30.1 Å². The highest BCUT2D eigenvalue weighted by molar-refractivity contribution is 6.42. The van der Waals surface area contributed by atoms with E-state index in [0.717, 1.165) is 12.8 Å². The maximum atomic E-state index is 11.0. The van der Waals surface area contributed by atoms with E-state index in [1.54, 1.807) is 23.1 Å². The first-order valence-electron chi connectivity index (χ1n) is 5.72. The molecule has 1 fully saturated rings. The number of benzene rings is 1. The van der Waals surface area contributed by atoms with E-state index >= 15 is 0 Å². The van der Waals surface area contributed by atoms with Crippen LogP contribution in [0, 0.1) is 0 Å². The topological polar surface area (TPSA) is 55.6 Å². The highest BCUT2D eigenvalue weighted by atomic mass is 35.5. The number of likely N-dealkylation sites (tertiary alicyclic amines) is 1. The Morgan fingerprint density at radius 2 is 1.94 bits per heavy atom. The monoisotopic (exact) mass is 288 g/mol. The molecule has 0 radical (unpaired) electrons. The van der Waals surface area contributed by atoms with Crippen LogP contribution in [0.4, 0.5) is 4.79 Å². The van der Waals surface area contributed by atoms with Gasteiger partial charge in [-0.3, -0.25) is 0 Å². The van der Waals surface area contributed by atoms with Crippen LogP contribution >= 0.6 is 23.2 Å². The molecule has 0 saturated carbocycles. The zero-order chi connectivity index (χ0) is 13.1. The Balaban J connectivity index is 1.91. The minimum Gasteiger partial charge on any atom is -0.490 e. The second-order valence-corrected chi connectivity index (χ2v) is 5.03. The van der Waals surface area contributed by atoms with Gasteiger partial charge in [-0.1, -0.05) is 23.2 Å². The van der Waals surface area contributed by atoms with Crippen LogP contribution in [0.3, 0.4) is 0 Å². The lowest BCUT2D eigenvalue weighted by atomic mass is 10.1. The lowest BCUT2D eigenvalue weighted by Gasteiger charge is -2.31. The average Bonchev–Trinajstić information content (AvgIpc) is 2.34. The summed E-state index contributed by atoms with van der Waals surface area (Å²) in [6, 6.07) is 4.82. The maximum Gasteiger partial charge on any atom is 0.314 e. The molecule has 0 unspecified atom stereocenters. The summed E-state index contributed by atoms with van der Waals surface area (Å²) in [5.41, 5.74) is 5.22. The van der Waals surface area contributed by atoms with Crippen molar-refractivity contribution in [3.05, 3.63) is 28.2 Å². The van der Waals surface area contributed by atoms with Gasteiger partial charge in [-0.15, -0.1) is 0 Å². The summed E-state index contributed by atoms with van der Waals surface area (Å²) in [7, 11) is 0. The first-order chi connectivity index (χ1) is 8.56. The van der Waals surface area contributed by atoms with Crippen molar-refractivity contribution in [3.63, 3.8) is 0 Å². The number of primary amides is 1. The predicted octanol–water partition coefficient (Wildman–Crippen LogP) is 2.92. The van der Waals surface area contributed by atoms with Gasteiger partial charge in [-0.05, 0) is 12.1 Å². The van der Waals surface area contributed by atoms with Crippen molar-refractivity contribution in [3.8, 4) is 5.75 Å². The summed E-state index contributed by atoms with van der Waals surface area (Å²) >= 11 is 11.7. The van der Waals surface area contributed by atoms with E-state index in [1.165, 1.54) is 0 Å². The Labute approximate surface area is 116 Å². The Kier molecular flexibility index (Phi) is 4.19. The summed E-state index contributed by atoms with van der Waals surface area (Å²) in [6.45, 7) is 1.25. The molecule has 0 atom stereocenters. The Bertz CT molecular complexity index is 446. The van der Waals surface area contributed by atoms with E-state index in [4.69, 9.17) is 33.7 Å². The second-order valence-electron chi connectivity index (χ2n) is 4.22. The first kappa shape index (κ1) is 13.3. The number of rotatable bonds is 2. The summed E-state index contributed by atoms with van der Waals surface area (Å²) in [5.74, 6) is 0.696. The number of amides is 2. The van der Waals surface area contributed by atoms with Crippen LogP contribution in [0.5, 0.6) is 5.75 Å². The molecular formula is C12H14Cl2N2O2. The normalized spacial score (nSPS) is 16.7. The van der Waals surface area contributed by atoms with Crippen LogP contribution in [0.15, 0.2) is 18.2 Å². The summed E-state index contributed by atoms with van der Waals surface area (Å²) in [6.07, 6.45) is 1.62. The molecule has 0 spiro atoms. The zero-order valence-corrected chi connectivity index (χ0v) is 11.2. The molecule has 6 heteroatoms. The Morgan fingerprint density at radius 3 is 2.50 bits per heavy atom. The SMILES string of the molecule is NC(=O)N1CCC(Oc2ccc(Cl)c(Cl)c2)CC1. The van der Waals surface area contributed by atoms with Gasteiger partial charge in [0.25, 0.3) is 0 Å². The van der Waals surface area contributed by atoms with Crippen LogP contribution < -0.4 is 10.5 Å². The van der Waals surface area contributed by atoms with E-state index in [0.29, 0.717) is 28.9 Å². The van der Waals surface area contributed by atoms with Crippen molar-refractivity contribution in [2.45, 2.75) is 18.9 Å². The number of nitrogens with two attached hydrogens (primary N) is 1. The largest absolute Gasteiger partial charge is 0.490 e. The number of piperidine rings is 1. The summed E-state index contributed by atoms with van der Waals surface area (Å²) < 4.78 is 5.80. The molecule has 98 valence electrons. The predicted molar refractivity (Wildman–Crippen MR) is 71.3 cm³/mol. The van der Waals surface area contributed by atoms with Gasteiger partial charge in [0, 0.05) is 32.0 Å². The zero-order valence-electron chi connectivity index (χ0n) is 9.73. The smallest absolute Gasteiger partial charge is 0.314 e. The van der Waals surface area contributed by atoms with Crippen molar-refractivity contribution in [1.82, 2.24) is 4.90 Å². The molecule has 1 saturated heterocycles. The maximum absolute atomic E-state index is 11.0. The number of hydrogen-bond donors (Lipinski definition) is 1. The number of halogens is 2. The number of urea groups is 1. The van der Waals surface area contributed by atoms with Crippen LogP contribution in [-0.2, 0) is 0 Å². The third-order valence-electron chi connectivity index (χ3n) is 2.95. The Morgan fingerprint density at radius 1 is 1.28 bits per heavy atom. The van der Waals surface area contributed by atoms with Crippen molar-refractivity contribution in [1.29, 1.82) is 0 Å². The molecule has 1 aliphatic rings. The average molecular weight is 289 g/mol. The van der Waals surface area contributed by atoms with E-state index in [9.17, 15) is 4.79 Å². The standard InChI is InChI=1S/C12H14Cl2N2O2/c13-10-2-1-9(7-11(10)14)18-8-3-5-16(6-4-8)12(15)17/h1-2,7-8H,3-6H2,(H2,15,17). The molecule has 1 aromatic carbocycles. The van der Waals surface area contributed by atoms with Gasteiger partial charge in [0.15, 0.2) is 0 Å². The molecule has 18 heavy (non-hydrogen) atoms. The van der Waals surface area contributed by atoms with Crippen LogP contribution in [0.2, 0.25) is 10.0 Å². The summed E-state index contributed by atoms with van der Waals surface area (Å²) in [5, 5.41) is 0.983. The third kappa shape index (κ3) is 3.21. The lowest BCUT2D eigenvalue weighted by molar-refractivity contribution is 0.114. The molecule has 1 heterocycles. The molecule has 0 aromatic heterocycles. The molecule has 2 rings (SSSR count). The third-order valence-corrected chi connectivity index (χ3v) is 3.69. The highest BCUT2D eigenvalue weighted by Crippen LogP contribution is 2.28. The van der Waals surface area contributed by atoms with Gasteiger partial charge in [-0.2, -0.15) is 0 Å². The molecular weight excluding hydrogens is 275 g/mol. The van der Waals surface area contributed by atoms with Gasteiger partial charge < -0.3 is 15.4 Å². The molecule has 4 nitrogen and oxygen atoms in total. The highest BCUT2D eigenvalue weighted by Gasteiger charge is 2.22. The van der Waals surface area contributed by atoms with Gasteiger partial charge in [-0.25, -0.2) is 4.79 Å². The Hall–Kier alpha value is -1.13. The minimum absolute atomic E-state index is 0.0813. The lowest BCUT2D eigenvalue weighted by Crippen LogP contribution is -2.44. The van der Waals surface area contributed by atoms with Gasteiger partial charge in [0.2, 0.25) is 0 Å². The molecule has 2 amide bonds. The number of carbonyl (C=O) groups is 1. The number of carbonyl (C=O) groups excluding carboxylic acids is 1. The second kappa shape index (κ2) is 5.67. The fourth-order valence-corrected chi connectivity index (χ4v) is 2.22. The van der Waals surface area contributed by atoms with Crippen molar-refractivity contribution in [2.24, 2.45) is 5.73 Å². The number of hydrogen-bond acceptors (Lipinski definition) is 2. The fourth-order valence-electron chi connectivity index (χ4n) is 1.94. The molecule has 1 aliphatic heterocycles. The summed E-state index contributed by atoms with van der Waals surface area (Å²) in [4.78, 5) is 12.6. The minimum atomic E-state index is -0.372. The molecule has 1 aromatic rings.